The Morgan fingerprint density at radius 2 is 1.70 bits per heavy atom. The van der Waals surface area contributed by atoms with Crippen molar-refractivity contribution >= 4 is 17.5 Å². The van der Waals surface area contributed by atoms with Gasteiger partial charge in [0.25, 0.3) is 0 Å². The van der Waals surface area contributed by atoms with Crippen LogP contribution in [0.4, 0.5) is 5.82 Å². The highest BCUT2D eigenvalue weighted by atomic mass is 16.5. The lowest BCUT2D eigenvalue weighted by atomic mass is 9.92. The van der Waals surface area contributed by atoms with Crippen LogP contribution in [0.5, 0.6) is 17.2 Å². The molecule has 3 aromatic carbocycles. The Morgan fingerprint density at radius 1 is 1.00 bits per heavy atom. The minimum absolute atomic E-state index is 0.000934. The van der Waals surface area contributed by atoms with Crippen LogP contribution in [0.25, 0.3) is 5.70 Å². The molecule has 0 fully saturated rings. The summed E-state index contributed by atoms with van der Waals surface area (Å²) in [6.07, 6.45) is 0.327. The van der Waals surface area contributed by atoms with Gasteiger partial charge in [-0.3, -0.25) is 4.90 Å². The number of benzene rings is 3. The summed E-state index contributed by atoms with van der Waals surface area (Å²) in [4.78, 5) is 17.4. The van der Waals surface area contributed by atoms with E-state index in [1.807, 2.05) is 78.7 Å². The fourth-order valence-electron chi connectivity index (χ4n) is 5.76. The number of para-hydroxylation sites is 1. The highest BCUT2D eigenvalue weighted by Crippen LogP contribution is 2.47. The summed E-state index contributed by atoms with van der Waals surface area (Å²) in [5.41, 5.74) is 3.88. The van der Waals surface area contributed by atoms with Crippen LogP contribution in [0.2, 0.25) is 0 Å². The van der Waals surface area contributed by atoms with E-state index in [2.05, 4.69) is 23.1 Å². The summed E-state index contributed by atoms with van der Waals surface area (Å²) in [5.74, 6) is 1.04. The normalized spacial score (nSPS) is 14.3. The summed E-state index contributed by atoms with van der Waals surface area (Å²) in [6.45, 7) is 2.85. The number of hydrogen-bond acceptors (Lipinski definition) is 8. The van der Waals surface area contributed by atoms with Gasteiger partial charge in [0.2, 0.25) is 0 Å². The molecule has 1 atom stereocenters. The zero-order chi connectivity index (χ0) is 31.2. The fraction of sp³-hybridized carbons (Fsp3) is 0.257. The average Bonchev–Trinajstić information content (AvgIpc) is 3.39. The quantitative estimate of drug-likeness (QED) is 0.211. The van der Waals surface area contributed by atoms with Gasteiger partial charge in [-0.15, -0.1) is 0 Å². The topological polar surface area (TPSA) is 100 Å². The van der Waals surface area contributed by atoms with Crippen molar-refractivity contribution < 1.29 is 24.1 Å². The standard InChI is InChI=1S/C35H36N4O5/c1-5-44-35(41)34-30(40)20-32-38(23-37(2)22-24-11-7-6-8-12-24)33(25-15-17-27(42-3)18-16-25)28(21-36)29(39(32)34)19-26-13-9-10-14-31(26)43-4/h6-18,20,29,40H,5,19,22-23H2,1-4H3. The molecule has 0 amide bonds. The monoisotopic (exact) mass is 592 g/mol. The van der Waals surface area contributed by atoms with Gasteiger partial charge in [-0.05, 0) is 61.0 Å². The van der Waals surface area contributed by atoms with Crippen LogP contribution in [-0.2, 0) is 17.7 Å². The van der Waals surface area contributed by atoms with Crippen molar-refractivity contribution in [1.82, 2.24) is 9.47 Å². The van der Waals surface area contributed by atoms with Gasteiger partial charge in [-0.1, -0.05) is 48.5 Å². The second-order valence-corrected chi connectivity index (χ2v) is 10.5. The lowest BCUT2D eigenvalue weighted by Gasteiger charge is -2.40. The van der Waals surface area contributed by atoms with Gasteiger partial charge in [0.05, 0.1) is 50.9 Å². The van der Waals surface area contributed by atoms with Gasteiger partial charge in [0, 0.05) is 19.0 Å². The van der Waals surface area contributed by atoms with E-state index >= 15 is 0 Å². The summed E-state index contributed by atoms with van der Waals surface area (Å²) in [5, 5.41) is 22.1. The van der Waals surface area contributed by atoms with E-state index in [1.54, 1.807) is 31.8 Å². The molecule has 0 spiro atoms. The van der Waals surface area contributed by atoms with Gasteiger partial charge in [-0.25, -0.2) is 4.79 Å². The number of nitrogens with zero attached hydrogens (tertiary/aromatic N) is 4. The number of aromatic hydroxyl groups is 1. The van der Waals surface area contributed by atoms with Crippen molar-refractivity contribution in [3.63, 3.8) is 0 Å². The minimum Gasteiger partial charge on any atom is -0.505 e. The molecule has 9 nitrogen and oxygen atoms in total. The predicted molar refractivity (Wildman–Crippen MR) is 169 cm³/mol. The third-order valence-corrected chi connectivity index (χ3v) is 7.68. The molecule has 4 aromatic rings. The van der Waals surface area contributed by atoms with Crippen LogP contribution in [0.15, 0.2) is 90.5 Å². The van der Waals surface area contributed by atoms with Crippen LogP contribution in [0, 0.1) is 11.3 Å². The first kappa shape index (κ1) is 30.3. The smallest absolute Gasteiger partial charge is 0.358 e. The maximum Gasteiger partial charge on any atom is 0.358 e. The third-order valence-electron chi connectivity index (χ3n) is 7.68. The number of rotatable bonds is 11. The summed E-state index contributed by atoms with van der Waals surface area (Å²) < 4.78 is 18.2. The number of fused-ring (bicyclic) bond motifs is 1. The highest BCUT2D eigenvalue weighted by molar-refractivity contribution is 5.95. The van der Waals surface area contributed by atoms with Crippen molar-refractivity contribution in [2.24, 2.45) is 0 Å². The fourth-order valence-corrected chi connectivity index (χ4v) is 5.76. The Bertz CT molecular complexity index is 1690. The minimum atomic E-state index is -0.663. The van der Waals surface area contributed by atoms with Gasteiger partial charge < -0.3 is 28.8 Å². The molecule has 44 heavy (non-hydrogen) atoms. The molecule has 0 aliphatic carbocycles. The molecule has 2 heterocycles. The molecular formula is C35H36N4O5. The van der Waals surface area contributed by atoms with Crippen molar-refractivity contribution in [3.05, 3.63) is 113 Å². The van der Waals surface area contributed by atoms with Crippen molar-refractivity contribution in [2.45, 2.75) is 25.9 Å². The van der Waals surface area contributed by atoms with E-state index < -0.39 is 12.0 Å². The number of carbonyl (C=O) groups is 1. The summed E-state index contributed by atoms with van der Waals surface area (Å²) in [6, 6.07) is 28.6. The van der Waals surface area contributed by atoms with Crippen LogP contribution in [0.3, 0.4) is 0 Å². The first-order valence-electron chi connectivity index (χ1n) is 14.4. The molecule has 1 unspecified atom stereocenters. The summed E-state index contributed by atoms with van der Waals surface area (Å²) in [7, 11) is 5.20. The Kier molecular flexibility index (Phi) is 9.22. The molecule has 0 saturated heterocycles. The SMILES string of the molecule is CCOC(=O)c1c(O)cc2n1C(Cc1ccccc1OC)C(C#N)=C(c1ccc(OC)cc1)N2CN(C)Cc1ccccc1. The van der Waals surface area contributed by atoms with Gasteiger partial charge >= 0.3 is 5.97 Å². The summed E-state index contributed by atoms with van der Waals surface area (Å²) >= 11 is 0. The van der Waals surface area contributed by atoms with E-state index in [1.165, 1.54) is 0 Å². The largest absolute Gasteiger partial charge is 0.505 e. The first-order chi connectivity index (χ1) is 21.4. The number of methoxy groups -OCH3 is 2. The zero-order valence-corrected chi connectivity index (χ0v) is 25.4. The molecule has 0 bridgehead atoms. The second-order valence-electron chi connectivity index (χ2n) is 10.5. The molecule has 1 N–H and O–H groups in total. The molecule has 1 aromatic heterocycles. The number of aromatic nitrogens is 1. The van der Waals surface area contributed by atoms with Crippen LogP contribution in [-0.4, -0.2) is 55.1 Å². The Labute approximate surface area is 257 Å². The van der Waals surface area contributed by atoms with E-state index in [4.69, 9.17) is 14.2 Å². The van der Waals surface area contributed by atoms with E-state index in [-0.39, 0.29) is 18.1 Å². The second kappa shape index (κ2) is 13.4. The van der Waals surface area contributed by atoms with Crippen molar-refractivity contribution in [3.8, 4) is 23.3 Å². The highest BCUT2D eigenvalue weighted by Gasteiger charge is 2.39. The molecule has 0 radical (unpaired) electrons. The number of carbonyl (C=O) groups excluding carboxylic acids is 1. The molecule has 9 heteroatoms. The Hall–Kier alpha value is -5.20. The maximum atomic E-state index is 13.3. The van der Waals surface area contributed by atoms with Gasteiger partial charge in [0.15, 0.2) is 5.69 Å². The van der Waals surface area contributed by atoms with Gasteiger partial charge in [0.1, 0.15) is 23.1 Å². The number of anilines is 1. The molecule has 5 rings (SSSR count). The van der Waals surface area contributed by atoms with Crippen molar-refractivity contribution in [2.75, 3.05) is 39.4 Å². The van der Waals surface area contributed by atoms with Crippen LogP contribution >= 0.6 is 0 Å². The van der Waals surface area contributed by atoms with E-state index in [9.17, 15) is 15.2 Å². The Morgan fingerprint density at radius 3 is 2.36 bits per heavy atom. The third kappa shape index (κ3) is 5.98. The number of nitriles is 1. The lowest BCUT2D eigenvalue weighted by Crippen LogP contribution is -2.40. The maximum absolute atomic E-state index is 13.3. The number of esters is 1. The number of allylic oxidation sites excluding steroid dienone is 1. The van der Waals surface area contributed by atoms with Crippen LogP contribution < -0.4 is 14.4 Å². The van der Waals surface area contributed by atoms with Crippen LogP contribution in [0.1, 0.15) is 40.1 Å². The number of ether oxygens (including phenoxy) is 3. The lowest BCUT2D eigenvalue weighted by molar-refractivity contribution is 0.0508. The van der Waals surface area contributed by atoms with E-state index in [0.717, 1.165) is 16.7 Å². The molecule has 1 aliphatic rings. The van der Waals surface area contributed by atoms with Crippen molar-refractivity contribution in [1.29, 1.82) is 5.26 Å². The Balaban J connectivity index is 1.73. The zero-order valence-electron chi connectivity index (χ0n) is 25.4. The first-order valence-corrected chi connectivity index (χ1v) is 14.4. The molecule has 1 aliphatic heterocycles. The van der Waals surface area contributed by atoms with Gasteiger partial charge in [-0.2, -0.15) is 5.26 Å². The average molecular weight is 593 g/mol. The molecule has 226 valence electrons. The molecule has 0 saturated carbocycles. The number of hydrogen-bond donors (Lipinski definition) is 1. The molecular weight excluding hydrogens is 556 g/mol. The predicted octanol–water partition coefficient (Wildman–Crippen LogP) is 6.02. The van der Waals surface area contributed by atoms with E-state index in [0.29, 0.717) is 48.2 Å².